The minimum absolute atomic E-state index is 0.195. The number of amides is 1. The summed E-state index contributed by atoms with van der Waals surface area (Å²) < 4.78 is 5.93. The van der Waals surface area contributed by atoms with Gasteiger partial charge in [0.15, 0.2) is 0 Å². The molecule has 0 saturated carbocycles. The van der Waals surface area contributed by atoms with Gasteiger partial charge in [-0.2, -0.15) is 0 Å². The van der Waals surface area contributed by atoms with Crippen LogP contribution < -0.4 is 0 Å². The maximum Gasteiger partial charge on any atom is 0.326 e. The van der Waals surface area contributed by atoms with Gasteiger partial charge in [0.25, 0.3) is 5.91 Å². The first-order valence-corrected chi connectivity index (χ1v) is 9.31. The Bertz CT molecular complexity index is 954. The summed E-state index contributed by atoms with van der Waals surface area (Å²) in [6.45, 7) is 1.40. The molecule has 134 valence electrons. The fourth-order valence-corrected chi connectivity index (χ4v) is 4.10. The molecule has 1 unspecified atom stereocenters. The van der Waals surface area contributed by atoms with Gasteiger partial charge in [0, 0.05) is 16.7 Å². The molecule has 1 fully saturated rings. The van der Waals surface area contributed by atoms with Crippen molar-refractivity contribution < 1.29 is 19.1 Å². The molecule has 1 aromatic carbocycles. The Morgan fingerprint density at radius 2 is 2.08 bits per heavy atom. The molecular weight excluding hydrogens is 417 g/mol. The number of rotatable bonds is 4. The maximum absolute atomic E-state index is 12.4. The van der Waals surface area contributed by atoms with Crippen molar-refractivity contribution in [2.45, 2.75) is 13.0 Å². The largest absolute Gasteiger partial charge is 0.480 e. The minimum atomic E-state index is -1.13. The van der Waals surface area contributed by atoms with Crippen LogP contribution in [0.25, 0.3) is 17.4 Å². The Labute approximate surface area is 168 Å². The van der Waals surface area contributed by atoms with E-state index in [-0.39, 0.29) is 4.32 Å². The van der Waals surface area contributed by atoms with Gasteiger partial charge < -0.3 is 9.52 Å². The number of furan rings is 1. The summed E-state index contributed by atoms with van der Waals surface area (Å²) in [4.78, 5) is 25.0. The predicted molar refractivity (Wildman–Crippen MR) is 106 cm³/mol. The molecule has 1 aliphatic heterocycles. The van der Waals surface area contributed by atoms with E-state index in [0.717, 1.165) is 16.7 Å². The molecule has 1 amide bonds. The normalized spacial score (nSPS) is 17.2. The van der Waals surface area contributed by atoms with Gasteiger partial charge in [-0.1, -0.05) is 47.2 Å². The third-order valence-corrected chi connectivity index (χ3v) is 5.56. The number of aliphatic carboxylic acids is 1. The van der Waals surface area contributed by atoms with Crippen LogP contribution in [0.4, 0.5) is 0 Å². The highest BCUT2D eigenvalue weighted by Crippen LogP contribution is 2.36. The third kappa shape index (κ3) is 3.66. The quantitative estimate of drug-likeness (QED) is 0.550. The van der Waals surface area contributed by atoms with Crippen LogP contribution in [0.5, 0.6) is 0 Å². The Kier molecular flexibility index (Phi) is 5.43. The lowest BCUT2D eigenvalue weighted by Crippen LogP contribution is -2.41. The number of hydrogen-bond donors (Lipinski definition) is 1. The molecule has 0 spiro atoms. The molecule has 1 N–H and O–H groups in total. The molecule has 2 aromatic rings. The first kappa shape index (κ1) is 19.0. The third-order valence-electron chi connectivity index (χ3n) is 3.66. The van der Waals surface area contributed by atoms with Crippen molar-refractivity contribution in [1.29, 1.82) is 0 Å². The van der Waals surface area contributed by atoms with Crippen molar-refractivity contribution in [3.8, 4) is 11.3 Å². The monoisotopic (exact) mass is 427 g/mol. The summed E-state index contributed by atoms with van der Waals surface area (Å²) in [5.41, 5.74) is 0.630. The average Bonchev–Trinajstić information content (AvgIpc) is 3.14. The highest BCUT2D eigenvalue weighted by molar-refractivity contribution is 8.26. The van der Waals surface area contributed by atoms with Crippen LogP contribution >= 0.6 is 47.2 Å². The van der Waals surface area contributed by atoms with E-state index in [2.05, 4.69) is 0 Å². The van der Waals surface area contributed by atoms with E-state index in [4.69, 9.17) is 44.9 Å². The molecular formula is C17H11Cl2NO4S2. The van der Waals surface area contributed by atoms with E-state index in [1.54, 1.807) is 30.3 Å². The summed E-state index contributed by atoms with van der Waals surface area (Å²) in [7, 11) is 0. The number of carboxylic acids is 1. The first-order chi connectivity index (χ1) is 12.3. The number of hydrogen-bond acceptors (Lipinski definition) is 5. The van der Waals surface area contributed by atoms with E-state index in [0.29, 0.717) is 32.0 Å². The minimum Gasteiger partial charge on any atom is -0.480 e. The van der Waals surface area contributed by atoms with Gasteiger partial charge in [0.2, 0.25) is 0 Å². The second-order valence-corrected chi connectivity index (χ2v) is 7.91. The van der Waals surface area contributed by atoms with Gasteiger partial charge in [-0.25, -0.2) is 4.79 Å². The molecule has 3 rings (SSSR count). The lowest BCUT2D eigenvalue weighted by molar-refractivity contribution is -0.144. The number of benzene rings is 1. The van der Waals surface area contributed by atoms with Gasteiger partial charge in [0.1, 0.15) is 21.9 Å². The van der Waals surface area contributed by atoms with E-state index < -0.39 is 17.9 Å². The van der Waals surface area contributed by atoms with E-state index >= 15 is 0 Å². The topological polar surface area (TPSA) is 70.8 Å². The number of halogens is 2. The Morgan fingerprint density at radius 1 is 1.35 bits per heavy atom. The zero-order valence-electron chi connectivity index (χ0n) is 13.2. The predicted octanol–water partition coefficient (Wildman–Crippen LogP) is 4.93. The number of thioether (sulfide) groups is 1. The van der Waals surface area contributed by atoms with Crippen molar-refractivity contribution >= 4 is 69.5 Å². The van der Waals surface area contributed by atoms with Gasteiger partial charge in [-0.15, -0.1) is 0 Å². The van der Waals surface area contributed by atoms with Crippen molar-refractivity contribution in [3.63, 3.8) is 0 Å². The fraction of sp³-hybridized carbons (Fsp3) is 0.118. The standard InChI is InChI=1S/C17H11Cl2NO4S2/c1-8(16(22)23)20-15(21)14(26-17(20)25)7-10-3-5-13(24-10)11-6-9(18)2-4-12(11)19/h2-8H,1H3,(H,22,23)/b14-7-. The molecule has 2 heterocycles. The van der Waals surface area contributed by atoms with E-state index in [9.17, 15) is 9.59 Å². The van der Waals surface area contributed by atoms with Crippen molar-refractivity contribution in [1.82, 2.24) is 4.90 Å². The molecule has 5 nitrogen and oxygen atoms in total. The summed E-state index contributed by atoms with van der Waals surface area (Å²) in [5, 5.41) is 10.1. The van der Waals surface area contributed by atoms with Crippen molar-refractivity contribution in [2.24, 2.45) is 0 Å². The second kappa shape index (κ2) is 7.44. The molecule has 26 heavy (non-hydrogen) atoms. The number of nitrogens with zero attached hydrogens (tertiary/aromatic N) is 1. The number of thiocarbonyl (C=S) groups is 1. The Hall–Kier alpha value is -1.80. The zero-order chi connectivity index (χ0) is 19.0. The number of carboxylic acid groups (broad SMARTS) is 1. The van der Waals surface area contributed by atoms with Crippen molar-refractivity contribution in [2.75, 3.05) is 0 Å². The van der Waals surface area contributed by atoms with Gasteiger partial charge in [-0.05, 0) is 37.3 Å². The first-order valence-electron chi connectivity index (χ1n) is 7.33. The van der Waals surface area contributed by atoms with E-state index in [1.165, 1.54) is 13.0 Å². The Balaban J connectivity index is 1.89. The molecule has 1 aliphatic rings. The summed E-state index contributed by atoms with van der Waals surface area (Å²) in [6.07, 6.45) is 1.52. The van der Waals surface area contributed by atoms with Crippen LogP contribution in [0.15, 0.2) is 39.7 Å². The maximum atomic E-state index is 12.4. The molecule has 0 radical (unpaired) electrons. The van der Waals surface area contributed by atoms with E-state index in [1.807, 2.05) is 0 Å². The number of carbonyl (C=O) groups is 2. The highest BCUT2D eigenvalue weighted by Gasteiger charge is 2.38. The van der Waals surface area contributed by atoms with Crippen LogP contribution in [-0.4, -0.2) is 32.2 Å². The smallest absolute Gasteiger partial charge is 0.326 e. The van der Waals surface area contributed by atoms with Gasteiger partial charge in [-0.3, -0.25) is 9.69 Å². The molecule has 1 atom stereocenters. The van der Waals surface area contributed by atoms with Crippen LogP contribution in [-0.2, 0) is 9.59 Å². The Morgan fingerprint density at radius 3 is 2.77 bits per heavy atom. The molecule has 0 aliphatic carbocycles. The van der Waals surface area contributed by atoms with Crippen LogP contribution in [0.3, 0.4) is 0 Å². The highest BCUT2D eigenvalue weighted by atomic mass is 35.5. The van der Waals surface area contributed by atoms with Crippen LogP contribution in [0.1, 0.15) is 12.7 Å². The second-order valence-electron chi connectivity index (χ2n) is 5.39. The summed E-state index contributed by atoms with van der Waals surface area (Å²) >= 11 is 18.3. The summed E-state index contributed by atoms with van der Waals surface area (Å²) in [6, 6.07) is 7.38. The molecule has 1 saturated heterocycles. The fourth-order valence-electron chi connectivity index (χ4n) is 2.31. The number of carbonyl (C=O) groups excluding carboxylic acids is 1. The molecule has 9 heteroatoms. The summed E-state index contributed by atoms with van der Waals surface area (Å²) in [5.74, 6) is -0.676. The van der Waals surface area contributed by atoms with Gasteiger partial charge in [0.05, 0.1) is 9.93 Å². The lowest BCUT2D eigenvalue weighted by Gasteiger charge is -2.18. The van der Waals surface area contributed by atoms with Crippen molar-refractivity contribution in [3.05, 3.63) is 51.0 Å². The zero-order valence-corrected chi connectivity index (χ0v) is 16.4. The molecule has 1 aromatic heterocycles. The average molecular weight is 428 g/mol. The molecule has 0 bridgehead atoms. The van der Waals surface area contributed by atoms with Crippen LogP contribution in [0.2, 0.25) is 10.0 Å². The SMILES string of the molecule is CC(C(=O)O)N1C(=O)/C(=C/c2ccc(-c3cc(Cl)ccc3Cl)o2)SC1=S. The van der Waals surface area contributed by atoms with Gasteiger partial charge >= 0.3 is 5.97 Å². The lowest BCUT2D eigenvalue weighted by atomic mass is 10.2. The van der Waals surface area contributed by atoms with Crippen LogP contribution in [0, 0.1) is 0 Å².